The van der Waals surface area contributed by atoms with Crippen LogP contribution < -0.4 is 15.1 Å². The summed E-state index contributed by atoms with van der Waals surface area (Å²) in [5.74, 6) is -3.40. The van der Waals surface area contributed by atoms with Crippen molar-refractivity contribution in [3.63, 3.8) is 0 Å². The summed E-state index contributed by atoms with van der Waals surface area (Å²) in [5, 5.41) is 3.38. The molecular formula is C27H32F2N4O3. The third kappa shape index (κ3) is 4.22. The number of nitrogens with one attached hydrogen (secondary N) is 1. The van der Waals surface area contributed by atoms with Gasteiger partial charge in [-0.25, -0.2) is 13.8 Å². The molecule has 2 aromatic rings. The molecule has 7 nitrogen and oxygen atoms in total. The largest absolute Gasteiger partial charge is 0.374 e. The van der Waals surface area contributed by atoms with Gasteiger partial charge in [0.25, 0.3) is 5.92 Å². The Hall–Kier alpha value is -2.78. The maximum Gasteiger partial charge on any atom is 0.274 e. The molecule has 9 heteroatoms. The zero-order valence-electron chi connectivity index (χ0n) is 20.5. The minimum atomic E-state index is -3.03. The summed E-state index contributed by atoms with van der Waals surface area (Å²) in [6.45, 7) is 3.76. The van der Waals surface area contributed by atoms with Crippen molar-refractivity contribution in [3.8, 4) is 0 Å². The highest BCUT2D eigenvalue weighted by molar-refractivity contribution is 6.00. The molecule has 5 aliphatic rings. The predicted octanol–water partition coefficient (Wildman–Crippen LogP) is 4.88. The van der Waals surface area contributed by atoms with Crippen LogP contribution >= 0.6 is 0 Å². The van der Waals surface area contributed by atoms with E-state index < -0.39 is 24.4 Å². The van der Waals surface area contributed by atoms with Gasteiger partial charge in [-0.3, -0.25) is 4.79 Å². The summed E-state index contributed by atoms with van der Waals surface area (Å²) >= 11 is 0. The number of carbonyl (C=O) groups is 1. The van der Waals surface area contributed by atoms with Crippen molar-refractivity contribution >= 4 is 28.8 Å². The molecule has 2 bridgehead atoms. The van der Waals surface area contributed by atoms with Gasteiger partial charge >= 0.3 is 0 Å². The summed E-state index contributed by atoms with van der Waals surface area (Å²) in [7, 11) is 0. The number of anilines is 4. The van der Waals surface area contributed by atoms with E-state index >= 15 is 0 Å². The van der Waals surface area contributed by atoms with Gasteiger partial charge in [-0.2, -0.15) is 0 Å². The molecule has 1 N–H and O–H groups in total. The number of amides is 1. The number of carbonyl (C=O) groups excluding carboxylic acids is 1. The Morgan fingerprint density at radius 2 is 2.14 bits per heavy atom. The number of alkyl halides is 2. The van der Waals surface area contributed by atoms with Gasteiger partial charge in [-0.15, -0.1) is 0 Å². The number of aromatic nitrogens is 1. The van der Waals surface area contributed by atoms with Crippen molar-refractivity contribution in [1.29, 1.82) is 0 Å². The number of fused-ring (bicyclic) bond motifs is 5. The lowest BCUT2D eigenvalue weighted by Crippen LogP contribution is -2.54. The van der Waals surface area contributed by atoms with Crippen LogP contribution in [-0.2, 0) is 20.8 Å². The second kappa shape index (κ2) is 9.27. The fraction of sp³-hybridized carbons (Fsp3) is 0.556. The van der Waals surface area contributed by atoms with Crippen molar-refractivity contribution in [2.75, 3.05) is 34.9 Å². The monoisotopic (exact) mass is 498 g/mol. The maximum atomic E-state index is 14.9. The van der Waals surface area contributed by atoms with Gasteiger partial charge in [-0.05, 0) is 56.9 Å². The first kappa shape index (κ1) is 23.6. The number of nitrogens with zero attached hydrogens (tertiary/aromatic N) is 3. The van der Waals surface area contributed by atoms with Crippen LogP contribution in [-0.4, -0.2) is 54.8 Å². The molecule has 1 saturated carbocycles. The number of pyridine rings is 1. The average molecular weight is 499 g/mol. The van der Waals surface area contributed by atoms with Crippen LogP contribution in [0.5, 0.6) is 0 Å². The molecule has 4 aliphatic heterocycles. The van der Waals surface area contributed by atoms with Crippen LogP contribution in [0.2, 0.25) is 0 Å². The Bertz CT molecular complexity index is 1140. The lowest BCUT2D eigenvalue weighted by atomic mass is 9.83. The highest BCUT2D eigenvalue weighted by Crippen LogP contribution is 2.44. The average Bonchev–Trinajstić information content (AvgIpc) is 3.06. The summed E-state index contributed by atoms with van der Waals surface area (Å²) in [6, 6.07) is 10.1. The number of hydrogen-bond donors (Lipinski definition) is 1. The number of benzene rings is 1. The van der Waals surface area contributed by atoms with Crippen LogP contribution in [0, 0.1) is 5.92 Å². The van der Waals surface area contributed by atoms with Gasteiger partial charge in [0.05, 0.1) is 36.7 Å². The molecule has 3 saturated heterocycles. The topological polar surface area (TPSA) is 66.9 Å². The molecule has 7 rings (SSSR count). The Morgan fingerprint density at radius 3 is 2.86 bits per heavy atom. The molecule has 0 unspecified atom stereocenters. The van der Waals surface area contributed by atoms with E-state index in [0.717, 1.165) is 36.3 Å². The van der Waals surface area contributed by atoms with E-state index in [9.17, 15) is 13.6 Å². The Kier molecular flexibility index (Phi) is 6.08. The Morgan fingerprint density at radius 1 is 1.25 bits per heavy atom. The summed E-state index contributed by atoms with van der Waals surface area (Å²) < 4.78 is 41.0. The first-order chi connectivity index (χ1) is 17.4. The van der Waals surface area contributed by atoms with Crippen LogP contribution in [0.25, 0.3) is 0 Å². The predicted molar refractivity (Wildman–Crippen MR) is 133 cm³/mol. The van der Waals surface area contributed by atoms with Crippen molar-refractivity contribution in [1.82, 2.24) is 4.98 Å². The minimum Gasteiger partial charge on any atom is -0.374 e. The van der Waals surface area contributed by atoms with E-state index in [4.69, 9.17) is 9.47 Å². The van der Waals surface area contributed by atoms with E-state index in [1.807, 2.05) is 24.3 Å². The zero-order chi connectivity index (χ0) is 24.9. The SMILES string of the molecule is CCO[C@H]1CC[C@@H](C(=O)N2Cc3cccnc3Nc3ccc(N4C[C@H]5CC[C@H]4CO5)cc32)CC1(F)F. The number of morpholine rings is 1. The molecule has 1 amide bonds. The number of ether oxygens (including phenoxy) is 2. The lowest BCUT2D eigenvalue weighted by molar-refractivity contribution is -0.170. The van der Waals surface area contributed by atoms with Gasteiger partial charge in [0, 0.05) is 42.9 Å². The molecule has 1 aromatic heterocycles. The zero-order valence-corrected chi connectivity index (χ0v) is 20.5. The van der Waals surface area contributed by atoms with E-state index in [1.54, 1.807) is 18.0 Å². The van der Waals surface area contributed by atoms with E-state index in [2.05, 4.69) is 21.3 Å². The van der Waals surface area contributed by atoms with Gasteiger partial charge in [0.2, 0.25) is 5.91 Å². The normalized spacial score (nSPS) is 28.6. The highest BCUT2D eigenvalue weighted by Gasteiger charge is 2.49. The van der Waals surface area contributed by atoms with Crippen molar-refractivity contribution in [3.05, 3.63) is 42.1 Å². The highest BCUT2D eigenvalue weighted by atomic mass is 19.3. The van der Waals surface area contributed by atoms with Gasteiger partial charge in [0.1, 0.15) is 11.9 Å². The number of piperidine rings is 1. The van der Waals surface area contributed by atoms with Crippen molar-refractivity contribution in [2.24, 2.45) is 5.92 Å². The molecule has 192 valence electrons. The first-order valence-electron chi connectivity index (χ1n) is 13.0. The third-order valence-corrected chi connectivity index (χ3v) is 8.01. The lowest BCUT2D eigenvalue weighted by Gasteiger charge is -2.46. The molecule has 0 radical (unpaired) electrons. The van der Waals surface area contributed by atoms with E-state index in [1.165, 1.54) is 0 Å². The fourth-order valence-corrected chi connectivity index (χ4v) is 6.12. The molecular weight excluding hydrogens is 466 g/mol. The fourth-order valence-electron chi connectivity index (χ4n) is 6.12. The summed E-state index contributed by atoms with van der Waals surface area (Å²) in [5.41, 5.74) is 3.32. The van der Waals surface area contributed by atoms with Crippen LogP contribution in [0.15, 0.2) is 36.5 Å². The molecule has 0 spiro atoms. The van der Waals surface area contributed by atoms with Gasteiger partial charge in [0.15, 0.2) is 0 Å². The van der Waals surface area contributed by atoms with Crippen molar-refractivity contribution in [2.45, 2.75) is 69.7 Å². The molecule has 36 heavy (non-hydrogen) atoms. The minimum absolute atomic E-state index is 0.172. The molecule has 1 aromatic carbocycles. The van der Waals surface area contributed by atoms with Crippen LogP contribution in [0.3, 0.4) is 0 Å². The second-order valence-electron chi connectivity index (χ2n) is 10.3. The van der Waals surface area contributed by atoms with Crippen molar-refractivity contribution < 1.29 is 23.0 Å². The van der Waals surface area contributed by atoms with Crippen LogP contribution in [0.4, 0.5) is 31.7 Å². The van der Waals surface area contributed by atoms with E-state index in [0.29, 0.717) is 30.6 Å². The smallest absolute Gasteiger partial charge is 0.274 e. The second-order valence-corrected chi connectivity index (χ2v) is 10.3. The van der Waals surface area contributed by atoms with Crippen LogP contribution in [0.1, 0.15) is 44.6 Å². The first-order valence-corrected chi connectivity index (χ1v) is 13.0. The standard InChI is InChI=1S/C27H32F2N4O3/c1-2-35-24-10-5-17(13-27(24,28)29)26(34)33-14-18-4-3-11-30-25(18)31-22-9-7-19(12-23(22)33)32-15-21-8-6-20(32)16-36-21/h3-4,7,9,11-12,17,20-21,24H,2,5-6,8,10,13-16H2,1H3,(H,30,31)/t17-,20+,21-,24+/m1/s1. The number of halogens is 2. The van der Waals surface area contributed by atoms with Gasteiger partial charge < -0.3 is 24.6 Å². The van der Waals surface area contributed by atoms with Gasteiger partial charge in [-0.1, -0.05) is 6.07 Å². The number of rotatable bonds is 4. The molecule has 4 atom stereocenters. The summed E-state index contributed by atoms with van der Waals surface area (Å²) in [4.78, 5) is 22.4. The number of hydrogen-bond acceptors (Lipinski definition) is 6. The molecule has 5 heterocycles. The third-order valence-electron chi connectivity index (χ3n) is 8.01. The quantitative estimate of drug-likeness (QED) is 0.648. The molecule has 4 fully saturated rings. The summed E-state index contributed by atoms with van der Waals surface area (Å²) in [6.07, 6.45) is 3.00. The Balaban J connectivity index is 1.34. The van der Waals surface area contributed by atoms with E-state index in [-0.39, 0.29) is 31.6 Å². The molecule has 1 aliphatic carbocycles. The maximum absolute atomic E-state index is 14.9. The Labute approximate surface area is 209 Å².